The first-order valence-corrected chi connectivity index (χ1v) is 8.45. The highest BCUT2D eigenvalue weighted by atomic mass is 35.5. The molecular weight excluding hydrogens is 372 g/mol. The second-order valence-electron chi connectivity index (χ2n) is 5.38. The number of hydrogen-bond donors (Lipinski definition) is 1. The zero-order valence-electron chi connectivity index (χ0n) is 15.1. The number of methoxy groups -OCH3 is 2. The van der Waals surface area contributed by atoms with Crippen molar-refractivity contribution in [3.05, 3.63) is 58.9 Å². The summed E-state index contributed by atoms with van der Waals surface area (Å²) < 4.78 is 9.61. The molecule has 1 heterocycles. The predicted octanol–water partition coefficient (Wildman–Crippen LogP) is 3.18. The van der Waals surface area contributed by atoms with E-state index in [1.165, 1.54) is 25.2 Å². The van der Waals surface area contributed by atoms with Crippen LogP contribution in [0.2, 0.25) is 5.02 Å². The van der Waals surface area contributed by atoms with E-state index in [1.807, 2.05) is 0 Å². The maximum absolute atomic E-state index is 12.4. The molecule has 0 spiro atoms. The van der Waals surface area contributed by atoms with Crippen molar-refractivity contribution in [2.45, 2.75) is 13.3 Å². The van der Waals surface area contributed by atoms with Gasteiger partial charge in [-0.15, -0.1) is 0 Å². The van der Waals surface area contributed by atoms with Crippen molar-refractivity contribution in [2.24, 2.45) is 0 Å². The summed E-state index contributed by atoms with van der Waals surface area (Å²) in [4.78, 5) is 37.6. The van der Waals surface area contributed by atoms with E-state index in [9.17, 15) is 14.4 Å². The fourth-order valence-corrected chi connectivity index (χ4v) is 2.58. The van der Waals surface area contributed by atoms with Crippen molar-refractivity contribution in [3.8, 4) is 0 Å². The smallest absolute Gasteiger partial charge is 0.355 e. The van der Waals surface area contributed by atoms with Crippen LogP contribution in [0, 0.1) is 0 Å². The number of amides is 1. The van der Waals surface area contributed by atoms with Crippen molar-refractivity contribution in [1.29, 1.82) is 0 Å². The highest BCUT2D eigenvalue weighted by Gasteiger charge is 2.27. The number of nitrogens with zero attached hydrogens (tertiary/aromatic N) is 1. The maximum Gasteiger partial charge on any atom is 0.355 e. The van der Waals surface area contributed by atoms with E-state index < -0.39 is 11.9 Å². The molecule has 0 aromatic heterocycles. The zero-order chi connectivity index (χ0) is 20.0. The minimum Gasteiger partial charge on any atom is -0.465 e. The van der Waals surface area contributed by atoms with Crippen LogP contribution in [0.3, 0.4) is 0 Å². The third-order valence-corrected chi connectivity index (χ3v) is 4.03. The molecule has 0 fully saturated rings. The first-order valence-electron chi connectivity index (χ1n) is 8.07. The summed E-state index contributed by atoms with van der Waals surface area (Å²) in [5, 5.41) is 2.97. The summed E-state index contributed by atoms with van der Waals surface area (Å²) in [6.45, 7) is 1.73. The summed E-state index contributed by atoms with van der Waals surface area (Å²) in [6.07, 6.45) is 6.63. The van der Waals surface area contributed by atoms with E-state index in [-0.39, 0.29) is 22.2 Å². The van der Waals surface area contributed by atoms with Gasteiger partial charge >= 0.3 is 11.9 Å². The van der Waals surface area contributed by atoms with Gasteiger partial charge in [0, 0.05) is 18.3 Å². The number of ether oxygens (including phenoxy) is 2. The Labute approximate surface area is 161 Å². The maximum atomic E-state index is 12.4. The molecule has 1 aliphatic rings. The van der Waals surface area contributed by atoms with E-state index in [0.717, 1.165) is 0 Å². The number of allylic oxidation sites excluding steroid dienone is 2. The Bertz CT molecular complexity index is 858. The number of anilines is 2. The molecule has 1 N–H and O–H groups in total. The van der Waals surface area contributed by atoms with Gasteiger partial charge in [0.05, 0.1) is 30.5 Å². The minimum atomic E-state index is -0.717. The van der Waals surface area contributed by atoms with Crippen LogP contribution in [0.25, 0.3) is 0 Å². The number of rotatable bonds is 5. The predicted molar refractivity (Wildman–Crippen MR) is 102 cm³/mol. The first kappa shape index (κ1) is 20.3. The molecule has 0 radical (unpaired) electrons. The van der Waals surface area contributed by atoms with Gasteiger partial charge in [0.25, 0.3) is 0 Å². The molecule has 1 amide bonds. The Balaban J connectivity index is 2.54. The van der Waals surface area contributed by atoms with Crippen molar-refractivity contribution >= 4 is 40.8 Å². The number of esters is 2. The van der Waals surface area contributed by atoms with Gasteiger partial charge in [0.1, 0.15) is 5.70 Å². The number of carbonyl (C=O) groups is 3. The molecule has 27 heavy (non-hydrogen) atoms. The summed E-state index contributed by atoms with van der Waals surface area (Å²) in [6, 6.07) is 4.84. The molecule has 2 rings (SSSR count). The molecule has 1 aromatic rings. The molecule has 142 valence electrons. The monoisotopic (exact) mass is 390 g/mol. The Kier molecular flexibility index (Phi) is 6.79. The average Bonchev–Trinajstić information content (AvgIpc) is 2.91. The third-order valence-electron chi connectivity index (χ3n) is 3.72. The topological polar surface area (TPSA) is 84.9 Å². The number of nitrogens with one attached hydrogen (secondary N) is 1. The van der Waals surface area contributed by atoms with Crippen molar-refractivity contribution < 1.29 is 23.9 Å². The molecule has 1 aliphatic heterocycles. The summed E-state index contributed by atoms with van der Waals surface area (Å²) in [5.41, 5.74) is 0.960. The van der Waals surface area contributed by atoms with Crippen LogP contribution in [-0.2, 0) is 23.9 Å². The summed E-state index contributed by atoms with van der Waals surface area (Å²) in [5.74, 6) is -1.57. The number of benzene rings is 1. The van der Waals surface area contributed by atoms with Gasteiger partial charge in [0.2, 0.25) is 5.91 Å². The van der Waals surface area contributed by atoms with E-state index >= 15 is 0 Å². The molecule has 0 atom stereocenters. The van der Waals surface area contributed by atoms with Gasteiger partial charge in [-0.2, -0.15) is 0 Å². The van der Waals surface area contributed by atoms with Crippen LogP contribution in [0.5, 0.6) is 0 Å². The van der Waals surface area contributed by atoms with Gasteiger partial charge in [0.15, 0.2) is 0 Å². The number of hydrogen-bond acceptors (Lipinski definition) is 6. The Morgan fingerprint density at radius 3 is 2.41 bits per heavy atom. The van der Waals surface area contributed by atoms with Crippen molar-refractivity contribution in [3.63, 3.8) is 0 Å². The second kappa shape index (κ2) is 9.05. The normalized spacial score (nSPS) is 13.3. The zero-order valence-corrected chi connectivity index (χ0v) is 15.9. The van der Waals surface area contributed by atoms with Crippen LogP contribution in [0.15, 0.2) is 53.9 Å². The molecule has 0 unspecified atom stereocenters. The molecular formula is C19H19ClN2O5. The molecule has 0 aliphatic carbocycles. The highest BCUT2D eigenvalue weighted by Crippen LogP contribution is 2.32. The quantitative estimate of drug-likeness (QED) is 0.777. The number of carbonyl (C=O) groups excluding carboxylic acids is 3. The Morgan fingerprint density at radius 1 is 1.11 bits per heavy atom. The molecule has 0 saturated heterocycles. The fraction of sp³-hybridized carbons (Fsp3) is 0.211. The van der Waals surface area contributed by atoms with E-state index in [1.54, 1.807) is 43.5 Å². The minimum absolute atomic E-state index is 0.0178. The average molecular weight is 391 g/mol. The van der Waals surface area contributed by atoms with Crippen molar-refractivity contribution in [2.75, 3.05) is 24.4 Å². The molecule has 1 aromatic carbocycles. The summed E-state index contributed by atoms with van der Waals surface area (Å²) in [7, 11) is 2.44. The summed E-state index contributed by atoms with van der Waals surface area (Å²) >= 11 is 6.27. The molecule has 0 saturated carbocycles. The Morgan fingerprint density at radius 2 is 1.81 bits per heavy atom. The highest BCUT2D eigenvalue weighted by molar-refractivity contribution is 6.34. The van der Waals surface area contributed by atoms with Gasteiger partial charge in [-0.3, -0.25) is 4.79 Å². The van der Waals surface area contributed by atoms with E-state index in [4.69, 9.17) is 21.1 Å². The van der Waals surface area contributed by atoms with E-state index in [0.29, 0.717) is 17.8 Å². The first-order chi connectivity index (χ1) is 12.9. The number of halogens is 1. The standard InChI is InChI=1S/C19H19ClN2O5/c1-4-16(23)21-15-9-8-12(11-14(15)20)22-10-6-5-7-13(18(24)26-2)17(22)19(25)27-3/h5-11H,4H2,1-3H3,(H,21,23). The molecule has 0 bridgehead atoms. The van der Waals surface area contributed by atoms with Gasteiger partial charge < -0.3 is 19.7 Å². The lowest BCUT2D eigenvalue weighted by molar-refractivity contribution is -0.139. The largest absolute Gasteiger partial charge is 0.465 e. The Hall–Kier alpha value is -3.06. The third kappa shape index (κ3) is 4.57. The van der Waals surface area contributed by atoms with Gasteiger partial charge in [-0.1, -0.05) is 24.6 Å². The van der Waals surface area contributed by atoms with Gasteiger partial charge in [-0.25, -0.2) is 9.59 Å². The SMILES string of the molecule is CCC(=O)Nc1ccc(N2C=CC=CC(C(=O)OC)=C2C(=O)OC)cc1Cl. The van der Waals surface area contributed by atoms with Crippen LogP contribution in [0.4, 0.5) is 11.4 Å². The van der Waals surface area contributed by atoms with Crippen LogP contribution >= 0.6 is 11.6 Å². The second-order valence-corrected chi connectivity index (χ2v) is 5.79. The van der Waals surface area contributed by atoms with Crippen molar-refractivity contribution in [1.82, 2.24) is 0 Å². The van der Waals surface area contributed by atoms with Crippen LogP contribution < -0.4 is 10.2 Å². The molecule has 8 heteroatoms. The lowest BCUT2D eigenvalue weighted by atomic mass is 10.1. The van der Waals surface area contributed by atoms with Crippen LogP contribution in [-0.4, -0.2) is 32.1 Å². The van der Waals surface area contributed by atoms with Crippen LogP contribution in [0.1, 0.15) is 13.3 Å². The lowest BCUT2D eigenvalue weighted by Gasteiger charge is -2.23. The lowest BCUT2D eigenvalue weighted by Crippen LogP contribution is -2.27. The van der Waals surface area contributed by atoms with E-state index in [2.05, 4.69) is 5.32 Å². The fourth-order valence-electron chi connectivity index (χ4n) is 2.36. The molecule has 7 nitrogen and oxygen atoms in total. The van der Waals surface area contributed by atoms with Gasteiger partial charge in [-0.05, 0) is 30.4 Å².